The van der Waals surface area contributed by atoms with Crippen molar-refractivity contribution in [3.8, 4) is 0 Å². The van der Waals surface area contributed by atoms with Gasteiger partial charge in [0.25, 0.3) is 0 Å². The van der Waals surface area contributed by atoms with Crippen molar-refractivity contribution in [3.05, 3.63) is 0 Å². The fourth-order valence-corrected chi connectivity index (χ4v) is 1.89. The Hall–Kier alpha value is -0.0400. The van der Waals surface area contributed by atoms with Gasteiger partial charge in [-0.1, -0.05) is 13.3 Å². The van der Waals surface area contributed by atoms with Crippen molar-refractivity contribution in [1.29, 1.82) is 0 Å². The summed E-state index contributed by atoms with van der Waals surface area (Å²) < 4.78 is 0. The van der Waals surface area contributed by atoms with Crippen molar-refractivity contribution >= 4 is 0 Å². The molecule has 0 aliphatic heterocycles. The molecule has 9 heavy (non-hydrogen) atoms. The molecule has 0 heterocycles. The lowest BCUT2D eigenvalue weighted by atomic mass is 10.1. The minimum atomic E-state index is 0.866. The fraction of sp³-hybridized carbons (Fsp3) is 1.00. The SMILES string of the molecule is C[C@H]1CCC[C@@H]1N(C)C. The summed E-state index contributed by atoms with van der Waals surface area (Å²) in [6.45, 7) is 2.36. The number of rotatable bonds is 1. The highest BCUT2D eigenvalue weighted by Gasteiger charge is 2.24. The van der Waals surface area contributed by atoms with Gasteiger partial charge in [-0.05, 0) is 32.9 Å². The van der Waals surface area contributed by atoms with Crippen molar-refractivity contribution in [3.63, 3.8) is 0 Å². The molecule has 0 aromatic carbocycles. The summed E-state index contributed by atoms with van der Waals surface area (Å²) in [5.74, 6) is 0.931. The first-order valence-electron chi connectivity index (χ1n) is 3.88. The lowest BCUT2D eigenvalue weighted by molar-refractivity contribution is 0.249. The molecule has 1 fully saturated rings. The Bertz CT molecular complexity index is 88.6. The van der Waals surface area contributed by atoms with Gasteiger partial charge in [-0.2, -0.15) is 0 Å². The van der Waals surface area contributed by atoms with Gasteiger partial charge >= 0.3 is 0 Å². The number of nitrogens with zero attached hydrogens (tertiary/aromatic N) is 1. The van der Waals surface area contributed by atoms with E-state index in [-0.39, 0.29) is 0 Å². The van der Waals surface area contributed by atoms with Crippen LogP contribution in [0.3, 0.4) is 0 Å². The van der Waals surface area contributed by atoms with Crippen LogP contribution in [0.5, 0.6) is 0 Å². The second-order valence-electron chi connectivity index (χ2n) is 3.44. The Labute approximate surface area is 58.0 Å². The van der Waals surface area contributed by atoms with Gasteiger partial charge in [0.1, 0.15) is 0 Å². The highest BCUT2D eigenvalue weighted by Crippen LogP contribution is 2.27. The molecule has 1 nitrogen and oxygen atoms in total. The maximum atomic E-state index is 2.36. The normalized spacial score (nSPS) is 36.0. The van der Waals surface area contributed by atoms with Crippen LogP contribution in [0, 0.1) is 5.92 Å². The summed E-state index contributed by atoms with van der Waals surface area (Å²) >= 11 is 0. The van der Waals surface area contributed by atoms with Gasteiger partial charge in [-0.15, -0.1) is 0 Å². The predicted octanol–water partition coefficient (Wildman–Crippen LogP) is 1.74. The molecule has 0 N–H and O–H groups in total. The topological polar surface area (TPSA) is 3.24 Å². The van der Waals surface area contributed by atoms with E-state index < -0.39 is 0 Å². The maximum absolute atomic E-state index is 2.36. The van der Waals surface area contributed by atoms with Crippen LogP contribution in [0.4, 0.5) is 0 Å². The molecular weight excluding hydrogens is 110 g/mol. The Morgan fingerprint density at radius 3 is 2.11 bits per heavy atom. The van der Waals surface area contributed by atoms with Crippen molar-refractivity contribution in [2.24, 2.45) is 5.92 Å². The molecule has 1 saturated carbocycles. The van der Waals surface area contributed by atoms with Crippen molar-refractivity contribution in [1.82, 2.24) is 4.90 Å². The molecule has 2 atom stereocenters. The summed E-state index contributed by atoms with van der Waals surface area (Å²) in [6, 6.07) is 0.866. The first-order chi connectivity index (χ1) is 4.22. The molecule has 0 aromatic heterocycles. The van der Waals surface area contributed by atoms with Gasteiger partial charge in [0.2, 0.25) is 0 Å². The molecule has 0 amide bonds. The predicted molar refractivity (Wildman–Crippen MR) is 40.5 cm³/mol. The van der Waals surface area contributed by atoms with E-state index in [1.54, 1.807) is 0 Å². The van der Waals surface area contributed by atoms with Crippen LogP contribution in [-0.4, -0.2) is 25.0 Å². The second kappa shape index (κ2) is 2.70. The first-order valence-corrected chi connectivity index (χ1v) is 3.88. The minimum Gasteiger partial charge on any atom is -0.306 e. The number of hydrogen-bond acceptors (Lipinski definition) is 1. The van der Waals surface area contributed by atoms with Crippen LogP contribution in [0.1, 0.15) is 26.2 Å². The molecule has 54 valence electrons. The van der Waals surface area contributed by atoms with Crippen LogP contribution < -0.4 is 0 Å². The molecule has 0 saturated heterocycles. The molecule has 0 unspecified atom stereocenters. The Balaban J connectivity index is 2.40. The zero-order valence-corrected chi connectivity index (χ0v) is 6.72. The highest BCUT2D eigenvalue weighted by atomic mass is 15.1. The van der Waals surface area contributed by atoms with Crippen LogP contribution in [0.15, 0.2) is 0 Å². The molecule has 0 bridgehead atoms. The van der Waals surface area contributed by atoms with E-state index in [9.17, 15) is 0 Å². The van der Waals surface area contributed by atoms with Gasteiger partial charge in [0.15, 0.2) is 0 Å². The van der Waals surface area contributed by atoms with Crippen LogP contribution in [0.2, 0.25) is 0 Å². The van der Waals surface area contributed by atoms with E-state index in [4.69, 9.17) is 0 Å². The highest BCUT2D eigenvalue weighted by molar-refractivity contribution is 4.79. The maximum Gasteiger partial charge on any atom is 0.0115 e. The average Bonchev–Trinajstić information content (AvgIpc) is 2.13. The Morgan fingerprint density at radius 1 is 1.22 bits per heavy atom. The largest absolute Gasteiger partial charge is 0.306 e. The van der Waals surface area contributed by atoms with Gasteiger partial charge in [-0.25, -0.2) is 0 Å². The zero-order chi connectivity index (χ0) is 6.85. The van der Waals surface area contributed by atoms with Gasteiger partial charge < -0.3 is 4.90 Å². The zero-order valence-electron chi connectivity index (χ0n) is 6.72. The van der Waals surface area contributed by atoms with Crippen molar-refractivity contribution < 1.29 is 0 Å². The van der Waals surface area contributed by atoms with E-state index in [2.05, 4.69) is 25.9 Å². The third-order valence-electron chi connectivity index (χ3n) is 2.48. The summed E-state index contributed by atoms with van der Waals surface area (Å²) in [7, 11) is 4.37. The van der Waals surface area contributed by atoms with Gasteiger partial charge in [-0.3, -0.25) is 0 Å². The Morgan fingerprint density at radius 2 is 1.89 bits per heavy atom. The molecule has 1 aliphatic carbocycles. The smallest absolute Gasteiger partial charge is 0.0115 e. The standard InChI is InChI=1S/C8H17N/c1-7-5-4-6-8(7)9(2)3/h7-8H,4-6H2,1-3H3/t7-,8-/m0/s1. The minimum absolute atomic E-state index is 0.866. The van der Waals surface area contributed by atoms with E-state index >= 15 is 0 Å². The average molecular weight is 127 g/mol. The van der Waals surface area contributed by atoms with E-state index in [1.807, 2.05) is 0 Å². The lowest BCUT2D eigenvalue weighted by Crippen LogP contribution is -2.29. The number of hydrogen-bond donors (Lipinski definition) is 0. The third kappa shape index (κ3) is 1.45. The third-order valence-corrected chi connectivity index (χ3v) is 2.48. The van der Waals surface area contributed by atoms with E-state index in [0.717, 1.165) is 12.0 Å². The summed E-state index contributed by atoms with van der Waals surface area (Å²) in [5.41, 5.74) is 0. The first kappa shape index (κ1) is 7.07. The second-order valence-corrected chi connectivity index (χ2v) is 3.44. The monoisotopic (exact) mass is 127 g/mol. The molecular formula is C8H17N. The molecule has 0 spiro atoms. The van der Waals surface area contributed by atoms with Crippen LogP contribution in [0.25, 0.3) is 0 Å². The fourth-order valence-electron chi connectivity index (χ4n) is 1.89. The Kier molecular flexibility index (Phi) is 2.12. The summed E-state index contributed by atoms with van der Waals surface area (Å²) in [6.07, 6.45) is 4.28. The molecule has 0 aromatic rings. The van der Waals surface area contributed by atoms with E-state index in [1.165, 1.54) is 19.3 Å². The van der Waals surface area contributed by atoms with Gasteiger partial charge in [0.05, 0.1) is 0 Å². The summed E-state index contributed by atoms with van der Waals surface area (Å²) in [4.78, 5) is 2.36. The van der Waals surface area contributed by atoms with Crippen LogP contribution in [-0.2, 0) is 0 Å². The van der Waals surface area contributed by atoms with E-state index in [0.29, 0.717) is 0 Å². The molecule has 1 rings (SSSR count). The van der Waals surface area contributed by atoms with Crippen LogP contribution >= 0.6 is 0 Å². The van der Waals surface area contributed by atoms with Crippen molar-refractivity contribution in [2.75, 3.05) is 14.1 Å². The van der Waals surface area contributed by atoms with Crippen molar-refractivity contribution in [2.45, 2.75) is 32.2 Å². The molecule has 0 radical (unpaired) electrons. The van der Waals surface area contributed by atoms with Gasteiger partial charge in [0, 0.05) is 6.04 Å². The lowest BCUT2D eigenvalue weighted by Gasteiger charge is -2.22. The molecule has 1 aliphatic rings. The molecule has 1 heteroatoms. The quantitative estimate of drug-likeness (QED) is 0.518. The summed E-state index contributed by atoms with van der Waals surface area (Å²) in [5, 5.41) is 0.